The standard InChI is InChI=1S/C24H24FN9O/c1-15-8-9-21(31-30-15)29-17-10-19-22(27-11-17)33(14-28-19)20-7-5-4-6-18(20)23(3)12-24(25,13-26)34(32-23)16(2)35/h4-11,14,16,32,35H,12H2,1-3H3,(H,29,31). The first-order valence-corrected chi connectivity index (χ1v) is 11.1. The lowest BCUT2D eigenvalue weighted by Crippen LogP contribution is -2.51. The highest BCUT2D eigenvalue weighted by Gasteiger charge is 2.55. The third-order valence-electron chi connectivity index (χ3n) is 6.10. The highest BCUT2D eigenvalue weighted by atomic mass is 19.1. The van der Waals surface area contributed by atoms with Crippen LogP contribution < -0.4 is 10.7 Å². The molecule has 0 aliphatic carbocycles. The van der Waals surface area contributed by atoms with Crippen molar-refractivity contribution in [2.75, 3.05) is 5.32 Å². The summed E-state index contributed by atoms with van der Waals surface area (Å²) >= 11 is 0. The van der Waals surface area contributed by atoms with E-state index in [-0.39, 0.29) is 6.42 Å². The van der Waals surface area contributed by atoms with Gasteiger partial charge in [0.1, 0.15) is 24.1 Å². The number of anilines is 2. The van der Waals surface area contributed by atoms with Gasteiger partial charge in [0.2, 0.25) is 0 Å². The van der Waals surface area contributed by atoms with Gasteiger partial charge in [-0.3, -0.25) is 4.57 Å². The van der Waals surface area contributed by atoms with Crippen LogP contribution in [0.4, 0.5) is 15.9 Å². The van der Waals surface area contributed by atoms with Crippen LogP contribution in [0.3, 0.4) is 0 Å². The van der Waals surface area contributed by atoms with Gasteiger partial charge in [-0.15, -0.1) is 5.10 Å². The second-order valence-electron chi connectivity index (χ2n) is 8.88. The summed E-state index contributed by atoms with van der Waals surface area (Å²) in [6.45, 7) is 5.08. The number of aliphatic hydroxyl groups is 1. The fourth-order valence-electron chi connectivity index (χ4n) is 4.50. The molecule has 3 unspecified atom stereocenters. The number of halogens is 1. The summed E-state index contributed by atoms with van der Waals surface area (Å²) in [7, 11) is 0. The maximum atomic E-state index is 15.4. The molecule has 10 nitrogen and oxygen atoms in total. The number of hydrazine groups is 1. The molecule has 1 aliphatic rings. The Kier molecular flexibility index (Phi) is 5.44. The average molecular weight is 474 g/mol. The molecule has 3 N–H and O–H groups in total. The molecular formula is C24H24FN9O. The van der Waals surface area contributed by atoms with Crippen LogP contribution in [0.1, 0.15) is 31.5 Å². The van der Waals surface area contributed by atoms with Crippen molar-refractivity contribution < 1.29 is 9.50 Å². The highest BCUT2D eigenvalue weighted by Crippen LogP contribution is 2.43. The first-order chi connectivity index (χ1) is 16.7. The minimum absolute atomic E-state index is 0.176. The molecule has 1 aliphatic heterocycles. The van der Waals surface area contributed by atoms with E-state index in [4.69, 9.17) is 0 Å². The molecular weight excluding hydrogens is 449 g/mol. The van der Waals surface area contributed by atoms with Crippen LogP contribution in [0.25, 0.3) is 16.9 Å². The molecule has 11 heteroatoms. The van der Waals surface area contributed by atoms with Crippen LogP contribution in [-0.4, -0.2) is 46.9 Å². The van der Waals surface area contributed by atoms with Gasteiger partial charge in [-0.2, -0.15) is 15.4 Å². The Balaban J connectivity index is 1.52. The molecule has 35 heavy (non-hydrogen) atoms. The maximum Gasteiger partial charge on any atom is 0.267 e. The Labute approximate surface area is 201 Å². The third-order valence-corrected chi connectivity index (χ3v) is 6.10. The number of nitrogens with zero attached hydrogens (tertiary/aromatic N) is 7. The van der Waals surface area contributed by atoms with E-state index in [0.29, 0.717) is 22.7 Å². The summed E-state index contributed by atoms with van der Waals surface area (Å²) in [5, 5.41) is 31.9. The lowest BCUT2D eigenvalue weighted by Gasteiger charge is -2.30. The van der Waals surface area contributed by atoms with E-state index >= 15 is 4.39 Å². The number of nitrogens with one attached hydrogen (secondary N) is 2. The minimum atomic E-state index is -2.37. The van der Waals surface area contributed by atoms with Crippen LogP contribution in [0.15, 0.2) is 55.0 Å². The molecule has 3 aromatic heterocycles. The SMILES string of the molecule is Cc1ccc(Nc2cnc3c(c2)ncn3-c2ccccc2C2(C)CC(F)(C#N)N(C(C)O)N2)nn1. The fraction of sp³-hybridized carbons (Fsp3) is 0.292. The number of imidazole rings is 1. The Hall–Kier alpha value is -3.98. The molecule has 4 heterocycles. The predicted molar refractivity (Wildman–Crippen MR) is 127 cm³/mol. The molecule has 1 aromatic carbocycles. The highest BCUT2D eigenvalue weighted by molar-refractivity contribution is 5.78. The monoisotopic (exact) mass is 473 g/mol. The first kappa shape index (κ1) is 22.8. The number of pyridine rings is 1. The summed E-state index contributed by atoms with van der Waals surface area (Å²) in [5.74, 6) is -1.78. The second kappa shape index (κ2) is 8.35. The van der Waals surface area contributed by atoms with E-state index in [1.165, 1.54) is 6.92 Å². The number of hydrogen-bond acceptors (Lipinski definition) is 9. The van der Waals surface area contributed by atoms with Gasteiger partial charge in [-0.25, -0.2) is 19.8 Å². The summed E-state index contributed by atoms with van der Waals surface area (Å²) < 4.78 is 17.2. The number of hydrogen-bond donors (Lipinski definition) is 3. The van der Waals surface area contributed by atoms with Crippen molar-refractivity contribution in [3.8, 4) is 11.8 Å². The molecule has 0 bridgehead atoms. The van der Waals surface area contributed by atoms with Gasteiger partial charge in [0.05, 0.1) is 28.8 Å². The molecule has 1 saturated heterocycles. The van der Waals surface area contributed by atoms with E-state index in [2.05, 4.69) is 30.9 Å². The van der Waals surface area contributed by atoms with E-state index in [1.807, 2.05) is 54.0 Å². The fourth-order valence-corrected chi connectivity index (χ4v) is 4.50. The van der Waals surface area contributed by atoms with Crippen LogP contribution >= 0.6 is 0 Å². The van der Waals surface area contributed by atoms with Gasteiger partial charge in [-0.05, 0) is 50.6 Å². The van der Waals surface area contributed by atoms with Crippen molar-refractivity contribution >= 4 is 22.7 Å². The van der Waals surface area contributed by atoms with Crippen molar-refractivity contribution in [3.05, 3.63) is 66.2 Å². The largest absolute Gasteiger partial charge is 0.377 e. The Morgan fingerprint density at radius 2 is 2.03 bits per heavy atom. The van der Waals surface area contributed by atoms with Crippen molar-refractivity contribution in [1.29, 1.82) is 5.26 Å². The average Bonchev–Trinajstić information content (AvgIpc) is 3.39. The number of rotatable bonds is 5. The van der Waals surface area contributed by atoms with Crippen molar-refractivity contribution in [2.24, 2.45) is 0 Å². The molecule has 4 aromatic rings. The summed E-state index contributed by atoms with van der Waals surface area (Å²) in [6, 6.07) is 14.7. The number of aromatic nitrogens is 5. The van der Waals surface area contributed by atoms with E-state index in [9.17, 15) is 10.4 Å². The van der Waals surface area contributed by atoms with Crippen LogP contribution in [0.2, 0.25) is 0 Å². The van der Waals surface area contributed by atoms with Gasteiger partial charge in [0.15, 0.2) is 11.5 Å². The molecule has 0 amide bonds. The van der Waals surface area contributed by atoms with E-state index in [1.54, 1.807) is 25.5 Å². The van der Waals surface area contributed by atoms with E-state index < -0.39 is 17.6 Å². The quantitative estimate of drug-likeness (QED) is 0.374. The number of aliphatic hydroxyl groups excluding tert-OH is 1. The van der Waals surface area contributed by atoms with E-state index in [0.717, 1.165) is 22.0 Å². The van der Waals surface area contributed by atoms with Gasteiger partial charge in [0.25, 0.3) is 5.79 Å². The normalized spacial score (nSPS) is 23.3. The number of nitriles is 1. The molecule has 178 valence electrons. The Morgan fingerprint density at radius 1 is 1.23 bits per heavy atom. The third kappa shape index (κ3) is 3.97. The smallest absolute Gasteiger partial charge is 0.267 e. The number of aryl methyl sites for hydroxylation is 1. The number of alkyl halides is 1. The van der Waals surface area contributed by atoms with Gasteiger partial charge >= 0.3 is 0 Å². The molecule has 1 fully saturated rings. The van der Waals surface area contributed by atoms with Crippen LogP contribution in [-0.2, 0) is 5.54 Å². The maximum absolute atomic E-state index is 15.4. The molecule has 3 atom stereocenters. The predicted octanol–water partition coefficient (Wildman–Crippen LogP) is 3.22. The van der Waals surface area contributed by atoms with Crippen LogP contribution in [0.5, 0.6) is 0 Å². The van der Waals surface area contributed by atoms with Crippen LogP contribution in [0, 0.1) is 18.3 Å². The number of benzene rings is 1. The topological polar surface area (TPSA) is 128 Å². The van der Waals surface area contributed by atoms with Gasteiger partial charge in [0, 0.05) is 6.42 Å². The summed E-state index contributed by atoms with van der Waals surface area (Å²) in [6.07, 6.45) is 1.96. The zero-order valence-electron chi connectivity index (χ0n) is 19.4. The summed E-state index contributed by atoms with van der Waals surface area (Å²) in [4.78, 5) is 9.12. The molecule has 0 spiro atoms. The Bertz CT molecular complexity index is 1430. The molecule has 0 saturated carbocycles. The van der Waals surface area contributed by atoms with Gasteiger partial charge < -0.3 is 10.4 Å². The molecule has 5 rings (SSSR count). The van der Waals surface area contributed by atoms with Crippen molar-refractivity contribution in [1.82, 2.24) is 35.2 Å². The number of fused-ring (bicyclic) bond motifs is 1. The minimum Gasteiger partial charge on any atom is -0.377 e. The zero-order chi connectivity index (χ0) is 24.8. The van der Waals surface area contributed by atoms with Gasteiger partial charge in [-0.1, -0.05) is 18.2 Å². The lowest BCUT2D eigenvalue weighted by atomic mass is 9.86. The first-order valence-electron chi connectivity index (χ1n) is 11.1. The molecule has 0 radical (unpaired) electrons. The number of para-hydroxylation sites is 1. The second-order valence-corrected chi connectivity index (χ2v) is 8.88. The Morgan fingerprint density at radius 3 is 2.71 bits per heavy atom. The zero-order valence-corrected chi connectivity index (χ0v) is 19.4. The van der Waals surface area contributed by atoms with Crippen molar-refractivity contribution in [2.45, 2.75) is 44.8 Å². The summed E-state index contributed by atoms with van der Waals surface area (Å²) in [5.41, 5.74) is 6.31. The lowest BCUT2D eigenvalue weighted by molar-refractivity contribution is -0.0971. The van der Waals surface area contributed by atoms with Crippen molar-refractivity contribution in [3.63, 3.8) is 0 Å².